The highest BCUT2D eigenvalue weighted by Gasteiger charge is 2.13. The average molecular weight is 241 g/mol. The van der Waals surface area contributed by atoms with Crippen LogP contribution in [0, 0.1) is 0 Å². The number of aromatic hydroxyl groups is 1. The molecule has 0 unspecified atom stereocenters. The molecule has 0 saturated carbocycles. The van der Waals surface area contributed by atoms with Crippen molar-refractivity contribution in [2.24, 2.45) is 5.73 Å². The first kappa shape index (κ1) is 12.3. The Morgan fingerprint density at radius 1 is 1.11 bits per heavy atom. The van der Waals surface area contributed by atoms with Gasteiger partial charge in [-0.1, -0.05) is 36.4 Å². The summed E-state index contributed by atoms with van der Waals surface area (Å²) in [7, 11) is 0. The molecule has 0 aromatic heterocycles. The molecule has 2 aromatic rings. The average Bonchev–Trinajstić information content (AvgIpc) is 2.40. The molecule has 0 aliphatic carbocycles. The normalized spacial score (nSPS) is 10.3. The van der Waals surface area contributed by atoms with Crippen LogP contribution in [0.3, 0.4) is 0 Å². The molecule has 92 valence electrons. The van der Waals surface area contributed by atoms with Crippen LogP contribution in [0.4, 0.5) is 0 Å². The summed E-state index contributed by atoms with van der Waals surface area (Å²) in [5.74, 6) is -0.165. The van der Waals surface area contributed by atoms with Gasteiger partial charge in [-0.2, -0.15) is 0 Å². The highest BCUT2D eigenvalue weighted by Crippen LogP contribution is 2.22. The molecule has 2 rings (SSSR count). The van der Waals surface area contributed by atoms with Crippen molar-refractivity contribution < 1.29 is 9.90 Å². The van der Waals surface area contributed by atoms with E-state index < -0.39 is 0 Å². The van der Waals surface area contributed by atoms with Crippen molar-refractivity contribution in [2.75, 3.05) is 6.54 Å². The fraction of sp³-hybridized carbons (Fsp3) is 0.133. The van der Waals surface area contributed by atoms with Gasteiger partial charge in [0.15, 0.2) is 5.78 Å². The molecule has 0 radical (unpaired) electrons. The zero-order valence-corrected chi connectivity index (χ0v) is 9.97. The van der Waals surface area contributed by atoms with Crippen LogP contribution in [0.1, 0.15) is 21.5 Å². The Hall–Kier alpha value is -2.13. The van der Waals surface area contributed by atoms with Crippen LogP contribution in [0.25, 0.3) is 0 Å². The maximum absolute atomic E-state index is 12.2. The second-order valence-electron chi connectivity index (χ2n) is 4.09. The Bertz CT molecular complexity index is 550. The van der Waals surface area contributed by atoms with Crippen molar-refractivity contribution in [2.45, 2.75) is 6.42 Å². The van der Waals surface area contributed by atoms with Crippen LogP contribution in [-0.2, 0) is 6.42 Å². The molecule has 0 heterocycles. The van der Waals surface area contributed by atoms with Crippen molar-refractivity contribution in [3.63, 3.8) is 0 Å². The Morgan fingerprint density at radius 3 is 2.44 bits per heavy atom. The fourth-order valence-corrected chi connectivity index (χ4v) is 1.84. The largest absolute Gasteiger partial charge is 0.507 e. The second-order valence-corrected chi connectivity index (χ2v) is 4.09. The fourth-order valence-electron chi connectivity index (χ4n) is 1.84. The number of hydrogen-bond donors (Lipinski definition) is 2. The van der Waals surface area contributed by atoms with E-state index in [1.807, 2.05) is 12.1 Å². The van der Waals surface area contributed by atoms with E-state index in [2.05, 4.69) is 0 Å². The molecule has 0 atom stereocenters. The van der Waals surface area contributed by atoms with Crippen molar-refractivity contribution in [1.29, 1.82) is 0 Å². The number of benzene rings is 2. The summed E-state index contributed by atoms with van der Waals surface area (Å²) in [6.07, 6.45) is 0.688. The van der Waals surface area contributed by atoms with Gasteiger partial charge in [-0.3, -0.25) is 4.79 Å². The lowest BCUT2D eigenvalue weighted by molar-refractivity contribution is 0.103. The van der Waals surface area contributed by atoms with E-state index in [-0.39, 0.29) is 11.5 Å². The monoisotopic (exact) mass is 241 g/mol. The molecule has 0 aliphatic heterocycles. The van der Waals surface area contributed by atoms with E-state index in [0.717, 1.165) is 5.56 Å². The Kier molecular flexibility index (Phi) is 3.75. The van der Waals surface area contributed by atoms with E-state index in [1.54, 1.807) is 36.4 Å². The highest BCUT2D eigenvalue weighted by molar-refractivity contribution is 6.10. The summed E-state index contributed by atoms with van der Waals surface area (Å²) in [6.45, 7) is 0.519. The van der Waals surface area contributed by atoms with Crippen molar-refractivity contribution in [1.82, 2.24) is 0 Å². The number of carbonyl (C=O) groups excluding carboxylic acids is 1. The number of nitrogens with two attached hydrogens (primary N) is 1. The van der Waals surface area contributed by atoms with Gasteiger partial charge in [-0.05, 0) is 30.7 Å². The molecular formula is C15H15NO2. The molecule has 0 spiro atoms. The van der Waals surface area contributed by atoms with Gasteiger partial charge in [-0.15, -0.1) is 0 Å². The van der Waals surface area contributed by atoms with E-state index in [4.69, 9.17) is 5.73 Å². The van der Waals surface area contributed by atoms with Crippen molar-refractivity contribution >= 4 is 5.78 Å². The lowest BCUT2D eigenvalue weighted by Crippen LogP contribution is -2.05. The molecule has 0 amide bonds. The first-order valence-electron chi connectivity index (χ1n) is 5.84. The van der Waals surface area contributed by atoms with Gasteiger partial charge in [0.2, 0.25) is 0 Å². The van der Waals surface area contributed by atoms with Crippen LogP contribution in [0.2, 0.25) is 0 Å². The second kappa shape index (κ2) is 5.47. The number of hydrogen-bond acceptors (Lipinski definition) is 3. The van der Waals surface area contributed by atoms with Crippen molar-refractivity contribution in [3.05, 3.63) is 65.2 Å². The third kappa shape index (κ3) is 2.57. The smallest absolute Gasteiger partial charge is 0.196 e. The summed E-state index contributed by atoms with van der Waals surface area (Å²) in [5, 5.41) is 9.89. The van der Waals surface area contributed by atoms with E-state index in [9.17, 15) is 9.90 Å². The van der Waals surface area contributed by atoms with E-state index in [0.29, 0.717) is 24.1 Å². The first-order valence-corrected chi connectivity index (χ1v) is 5.84. The van der Waals surface area contributed by atoms with E-state index >= 15 is 0 Å². The van der Waals surface area contributed by atoms with Crippen LogP contribution in [0.15, 0.2) is 48.5 Å². The molecule has 0 bridgehead atoms. The minimum absolute atomic E-state index is 0.00908. The zero-order chi connectivity index (χ0) is 13.0. The van der Waals surface area contributed by atoms with Crippen LogP contribution in [-0.4, -0.2) is 17.4 Å². The molecule has 2 aromatic carbocycles. The predicted molar refractivity (Wildman–Crippen MR) is 70.7 cm³/mol. The maximum atomic E-state index is 12.2. The Morgan fingerprint density at radius 2 is 1.83 bits per heavy atom. The van der Waals surface area contributed by atoms with Gasteiger partial charge < -0.3 is 10.8 Å². The predicted octanol–water partition coefficient (Wildman–Crippen LogP) is 2.12. The molecule has 3 N–H and O–H groups in total. The minimum Gasteiger partial charge on any atom is -0.507 e. The molecule has 0 saturated heterocycles. The summed E-state index contributed by atoms with van der Waals surface area (Å²) >= 11 is 0. The summed E-state index contributed by atoms with van der Waals surface area (Å²) in [5.41, 5.74) is 7.27. The number of carbonyl (C=O) groups is 1. The summed E-state index contributed by atoms with van der Waals surface area (Å²) in [6, 6.07) is 14.0. The van der Waals surface area contributed by atoms with Gasteiger partial charge in [-0.25, -0.2) is 0 Å². The Balaban J connectivity index is 2.32. The number of phenols is 1. The Labute approximate surface area is 106 Å². The van der Waals surface area contributed by atoms with Gasteiger partial charge in [0.05, 0.1) is 5.56 Å². The standard InChI is InChI=1S/C15H15NO2/c16-9-8-11-6-7-13(14(17)10-11)15(18)12-4-2-1-3-5-12/h1-7,10,17H,8-9,16H2. The summed E-state index contributed by atoms with van der Waals surface area (Å²) in [4.78, 5) is 12.2. The van der Waals surface area contributed by atoms with Crippen LogP contribution < -0.4 is 5.73 Å². The third-order valence-corrected chi connectivity index (χ3v) is 2.78. The minimum atomic E-state index is -0.174. The molecular weight excluding hydrogens is 226 g/mol. The van der Waals surface area contributed by atoms with Crippen molar-refractivity contribution in [3.8, 4) is 5.75 Å². The van der Waals surface area contributed by atoms with Crippen LogP contribution >= 0.6 is 0 Å². The van der Waals surface area contributed by atoms with Gasteiger partial charge in [0, 0.05) is 5.56 Å². The SMILES string of the molecule is NCCc1ccc(C(=O)c2ccccc2)c(O)c1. The quantitative estimate of drug-likeness (QED) is 0.806. The maximum Gasteiger partial charge on any atom is 0.196 e. The number of rotatable bonds is 4. The lowest BCUT2D eigenvalue weighted by atomic mass is 10.00. The van der Waals surface area contributed by atoms with E-state index in [1.165, 1.54) is 0 Å². The summed E-state index contributed by atoms with van der Waals surface area (Å²) < 4.78 is 0. The highest BCUT2D eigenvalue weighted by atomic mass is 16.3. The molecule has 3 nitrogen and oxygen atoms in total. The topological polar surface area (TPSA) is 63.3 Å². The number of phenolic OH excluding ortho intramolecular Hbond substituents is 1. The number of ketones is 1. The molecule has 0 fully saturated rings. The third-order valence-electron chi connectivity index (χ3n) is 2.78. The molecule has 3 heteroatoms. The zero-order valence-electron chi connectivity index (χ0n) is 9.97. The first-order chi connectivity index (χ1) is 8.72. The van der Waals surface area contributed by atoms with Gasteiger partial charge in [0.1, 0.15) is 5.75 Å². The molecule has 18 heavy (non-hydrogen) atoms. The van der Waals surface area contributed by atoms with Crippen LogP contribution in [0.5, 0.6) is 5.75 Å². The van der Waals surface area contributed by atoms with Gasteiger partial charge >= 0.3 is 0 Å². The van der Waals surface area contributed by atoms with Gasteiger partial charge in [0.25, 0.3) is 0 Å². The molecule has 0 aliphatic rings. The lowest BCUT2D eigenvalue weighted by Gasteiger charge is -2.06.